The highest BCUT2D eigenvalue weighted by molar-refractivity contribution is 6.30. The quantitative estimate of drug-likeness (QED) is 0.704. The first-order valence-corrected chi connectivity index (χ1v) is 9.13. The number of carbonyl (C=O) groups excluding carboxylic acids is 1. The van der Waals surface area contributed by atoms with Crippen molar-refractivity contribution >= 4 is 39.8 Å². The van der Waals surface area contributed by atoms with Gasteiger partial charge in [0.1, 0.15) is 0 Å². The van der Waals surface area contributed by atoms with Gasteiger partial charge in [0.05, 0.1) is 5.69 Å². The minimum Gasteiger partial charge on any atom is -0.368 e. The largest absolute Gasteiger partial charge is 0.368 e. The highest BCUT2D eigenvalue weighted by atomic mass is 35.5. The first kappa shape index (κ1) is 16.7. The average molecular weight is 366 g/mol. The second-order valence-electron chi connectivity index (χ2n) is 6.41. The van der Waals surface area contributed by atoms with E-state index >= 15 is 0 Å². The van der Waals surface area contributed by atoms with Crippen LogP contribution in [0.25, 0.3) is 10.8 Å². The lowest BCUT2D eigenvalue weighted by Crippen LogP contribution is -2.50. The molecule has 1 N–H and O–H groups in total. The normalized spacial score (nSPS) is 14.5. The Bertz CT molecular complexity index is 930. The van der Waals surface area contributed by atoms with Gasteiger partial charge in [0, 0.05) is 42.3 Å². The molecule has 1 fully saturated rings. The van der Waals surface area contributed by atoms with Gasteiger partial charge in [0.15, 0.2) is 0 Å². The Labute approximate surface area is 158 Å². The van der Waals surface area contributed by atoms with Gasteiger partial charge in [0.25, 0.3) is 0 Å². The van der Waals surface area contributed by atoms with Crippen LogP contribution >= 0.6 is 11.6 Å². The summed E-state index contributed by atoms with van der Waals surface area (Å²) in [4.78, 5) is 16.8. The Balaban J connectivity index is 1.42. The van der Waals surface area contributed by atoms with E-state index in [2.05, 4.69) is 28.4 Å². The molecular weight excluding hydrogens is 346 g/mol. The van der Waals surface area contributed by atoms with Crippen LogP contribution in [0.2, 0.25) is 5.02 Å². The minimum absolute atomic E-state index is 0.0490. The number of rotatable bonds is 2. The van der Waals surface area contributed by atoms with Crippen molar-refractivity contribution in [3.8, 4) is 0 Å². The highest BCUT2D eigenvalue weighted by Crippen LogP contribution is 2.24. The molecule has 0 radical (unpaired) electrons. The van der Waals surface area contributed by atoms with Gasteiger partial charge in [-0.25, -0.2) is 4.79 Å². The second-order valence-corrected chi connectivity index (χ2v) is 6.85. The molecule has 132 valence electrons. The van der Waals surface area contributed by atoms with E-state index in [0.29, 0.717) is 13.1 Å². The molecule has 1 heterocycles. The number of hydrogen-bond donors (Lipinski definition) is 1. The van der Waals surface area contributed by atoms with Crippen LogP contribution < -0.4 is 10.2 Å². The van der Waals surface area contributed by atoms with Crippen LogP contribution in [0.4, 0.5) is 16.2 Å². The molecule has 0 saturated carbocycles. The van der Waals surface area contributed by atoms with Gasteiger partial charge in [-0.1, -0.05) is 54.1 Å². The molecule has 3 aromatic carbocycles. The Kier molecular flexibility index (Phi) is 4.67. The third-order valence-corrected chi connectivity index (χ3v) is 5.01. The molecule has 1 saturated heterocycles. The molecule has 0 aromatic heterocycles. The van der Waals surface area contributed by atoms with Crippen LogP contribution in [0.1, 0.15) is 0 Å². The van der Waals surface area contributed by atoms with Gasteiger partial charge in [-0.2, -0.15) is 0 Å². The third-order valence-electron chi connectivity index (χ3n) is 4.77. The number of benzene rings is 3. The summed E-state index contributed by atoms with van der Waals surface area (Å²) in [7, 11) is 0. The molecule has 0 bridgehead atoms. The van der Waals surface area contributed by atoms with Gasteiger partial charge < -0.3 is 15.1 Å². The lowest BCUT2D eigenvalue weighted by Gasteiger charge is -2.36. The summed E-state index contributed by atoms with van der Waals surface area (Å²) < 4.78 is 0. The number of piperazine rings is 1. The van der Waals surface area contributed by atoms with E-state index < -0.39 is 0 Å². The number of nitrogens with zero attached hydrogens (tertiary/aromatic N) is 2. The molecule has 2 amide bonds. The van der Waals surface area contributed by atoms with Gasteiger partial charge in [0.2, 0.25) is 0 Å². The van der Waals surface area contributed by atoms with E-state index in [9.17, 15) is 4.79 Å². The fraction of sp³-hybridized carbons (Fsp3) is 0.190. The van der Waals surface area contributed by atoms with E-state index in [1.54, 1.807) is 0 Å². The van der Waals surface area contributed by atoms with Crippen molar-refractivity contribution in [1.29, 1.82) is 0 Å². The number of amides is 2. The molecule has 5 heteroatoms. The predicted octanol–water partition coefficient (Wildman–Crippen LogP) is 4.85. The smallest absolute Gasteiger partial charge is 0.321 e. The zero-order valence-corrected chi connectivity index (χ0v) is 15.1. The maximum absolute atomic E-state index is 12.7. The summed E-state index contributed by atoms with van der Waals surface area (Å²) in [6, 6.07) is 21.8. The molecule has 1 aliphatic heterocycles. The average Bonchev–Trinajstić information content (AvgIpc) is 2.68. The number of fused-ring (bicyclic) bond motifs is 1. The zero-order valence-electron chi connectivity index (χ0n) is 14.4. The maximum atomic E-state index is 12.7. The van der Waals surface area contributed by atoms with Gasteiger partial charge in [-0.15, -0.1) is 0 Å². The summed E-state index contributed by atoms with van der Waals surface area (Å²) >= 11 is 6.08. The number of carbonyl (C=O) groups is 1. The van der Waals surface area contributed by atoms with Crippen molar-refractivity contribution in [1.82, 2.24) is 4.90 Å². The first-order chi connectivity index (χ1) is 12.7. The summed E-state index contributed by atoms with van der Waals surface area (Å²) in [5.41, 5.74) is 1.96. The number of nitrogens with one attached hydrogen (secondary N) is 1. The Morgan fingerprint density at radius 2 is 1.62 bits per heavy atom. The van der Waals surface area contributed by atoms with Crippen molar-refractivity contribution in [3.63, 3.8) is 0 Å². The molecule has 4 rings (SSSR count). The number of anilines is 2. The van der Waals surface area contributed by atoms with E-state index in [1.807, 2.05) is 53.4 Å². The topological polar surface area (TPSA) is 35.6 Å². The summed E-state index contributed by atoms with van der Waals surface area (Å²) in [5.74, 6) is 0. The highest BCUT2D eigenvalue weighted by Gasteiger charge is 2.21. The standard InChI is InChI=1S/C21H20ClN3O/c22-17-7-4-8-18(15-17)24-11-13-25(14-12-24)21(26)23-20-10-3-6-16-5-1-2-9-19(16)20/h1-10,15H,11-14H2,(H,23,26). The molecule has 0 spiro atoms. The molecule has 3 aromatic rings. The summed E-state index contributed by atoms with van der Waals surface area (Å²) in [6.07, 6.45) is 0. The third kappa shape index (κ3) is 3.46. The lowest BCUT2D eigenvalue weighted by atomic mass is 10.1. The van der Waals surface area contributed by atoms with E-state index in [1.165, 1.54) is 0 Å². The number of urea groups is 1. The number of hydrogen-bond acceptors (Lipinski definition) is 2. The first-order valence-electron chi connectivity index (χ1n) is 8.75. The van der Waals surface area contributed by atoms with Gasteiger partial charge >= 0.3 is 6.03 Å². The van der Waals surface area contributed by atoms with Crippen molar-refractivity contribution in [2.75, 3.05) is 36.4 Å². The molecule has 1 aliphatic rings. The van der Waals surface area contributed by atoms with Crippen LogP contribution in [-0.4, -0.2) is 37.1 Å². The predicted molar refractivity (Wildman–Crippen MR) is 108 cm³/mol. The minimum atomic E-state index is -0.0490. The SMILES string of the molecule is O=C(Nc1cccc2ccccc12)N1CCN(c2cccc(Cl)c2)CC1. The molecule has 0 aliphatic carbocycles. The Morgan fingerprint density at radius 3 is 2.42 bits per heavy atom. The van der Waals surface area contributed by atoms with Crippen LogP contribution in [0.5, 0.6) is 0 Å². The molecule has 26 heavy (non-hydrogen) atoms. The van der Waals surface area contributed by atoms with Gasteiger partial charge in [-0.3, -0.25) is 0 Å². The van der Waals surface area contributed by atoms with Crippen LogP contribution in [0, 0.1) is 0 Å². The maximum Gasteiger partial charge on any atom is 0.321 e. The fourth-order valence-corrected chi connectivity index (χ4v) is 3.55. The van der Waals surface area contributed by atoms with Crippen molar-refractivity contribution in [2.45, 2.75) is 0 Å². The molecule has 4 nitrogen and oxygen atoms in total. The van der Waals surface area contributed by atoms with Crippen LogP contribution in [0.3, 0.4) is 0 Å². The second kappa shape index (κ2) is 7.26. The molecule has 0 unspecified atom stereocenters. The lowest BCUT2D eigenvalue weighted by molar-refractivity contribution is 0.208. The van der Waals surface area contributed by atoms with Crippen LogP contribution in [0.15, 0.2) is 66.7 Å². The van der Waals surface area contributed by atoms with Crippen LogP contribution in [-0.2, 0) is 0 Å². The molecule has 0 atom stereocenters. The summed E-state index contributed by atoms with van der Waals surface area (Å²) in [6.45, 7) is 2.96. The number of halogens is 1. The van der Waals surface area contributed by atoms with Crippen molar-refractivity contribution in [2.24, 2.45) is 0 Å². The van der Waals surface area contributed by atoms with Crippen molar-refractivity contribution in [3.05, 3.63) is 71.8 Å². The Morgan fingerprint density at radius 1 is 0.885 bits per heavy atom. The Hall–Kier alpha value is -2.72. The van der Waals surface area contributed by atoms with Crippen molar-refractivity contribution < 1.29 is 4.79 Å². The van der Waals surface area contributed by atoms with E-state index in [0.717, 1.165) is 40.3 Å². The molecular formula is C21H20ClN3O. The summed E-state index contributed by atoms with van der Waals surface area (Å²) in [5, 5.41) is 5.98. The zero-order chi connectivity index (χ0) is 17.9. The van der Waals surface area contributed by atoms with E-state index in [-0.39, 0.29) is 6.03 Å². The monoisotopic (exact) mass is 365 g/mol. The van der Waals surface area contributed by atoms with Gasteiger partial charge in [-0.05, 0) is 29.7 Å². The van der Waals surface area contributed by atoms with E-state index in [4.69, 9.17) is 11.6 Å². The fourth-order valence-electron chi connectivity index (χ4n) is 3.37.